The first-order valence-corrected chi connectivity index (χ1v) is 6.55. The summed E-state index contributed by atoms with van der Waals surface area (Å²) in [4.78, 5) is 6.66. The molecule has 17 heavy (non-hydrogen) atoms. The van der Waals surface area contributed by atoms with E-state index >= 15 is 0 Å². The van der Waals surface area contributed by atoms with Crippen LogP contribution in [0.1, 0.15) is 33.6 Å². The monoisotopic (exact) mass is 242 g/mol. The summed E-state index contributed by atoms with van der Waals surface area (Å²) in [5, 5.41) is 0. The molecule has 1 rings (SSSR count). The highest BCUT2D eigenvalue weighted by Crippen LogP contribution is 2.13. The Balaban J connectivity index is 2.52. The van der Waals surface area contributed by atoms with Crippen LogP contribution in [0.3, 0.4) is 0 Å². The van der Waals surface area contributed by atoms with Crippen LogP contribution in [-0.4, -0.2) is 43.2 Å². The summed E-state index contributed by atoms with van der Waals surface area (Å²) in [6.07, 6.45) is 2.63. The molecule has 0 aliphatic carbocycles. The summed E-state index contributed by atoms with van der Waals surface area (Å²) in [5.41, 5.74) is 2.70. The lowest BCUT2D eigenvalue weighted by Gasteiger charge is -2.26. The first kappa shape index (κ1) is 14.3. The van der Waals surface area contributed by atoms with Crippen molar-refractivity contribution in [2.24, 2.45) is 16.8 Å². The number of rotatable bonds is 5. The Morgan fingerprint density at radius 1 is 1.59 bits per heavy atom. The summed E-state index contributed by atoms with van der Waals surface area (Å²) >= 11 is 0. The van der Waals surface area contributed by atoms with Crippen LogP contribution in [0.4, 0.5) is 0 Å². The van der Waals surface area contributed by atoms with Crippen LogP contribution in [0.5, 0.6) is 0 Å². The standard InChI is InChI=1S/C12H26N4O/c1-4-16(9-11-6-5-7-17-11)12(15-13)14-8-10(2)3/h10-11H,4-9,13H2,1-3H3,(H,14,15). The number of hydrazine groups is 1. The second-order valence-corrected chi connectivity index (χ2v) is 4.88. The van der Waals surface area contributed by atoms with E-state index in [4.69, 9.17) is 10.6 Å². The molecule has 0 aromatic carbocycles. The molecule has 0 bridgehead atoms. The minimum Gasteiger partial charge on any atom is -0.376 e. The minimum atomic E-state index is 0.326. The zero-order chi connectivity index (χ0) is 12.7. The number of nitrogens with one attached hydrogen (secondary N) is 1. The van der Waals surface area contributed by atoms with Crippen molar-refractivity contribution in [3.05, 3.63) is 0 Å². The average Bonchev–Trinajstić information content (AvgIpc) is 2.80. The molecule has 3 N–H and O–H groups in total. The van der Waals surface area contributed by atoms with Gasteiger partial charge in [0.05, 0.1) is 6.10 Å². The van der Waals surface area contributed by atoms with Gasteiger partial charge in [-0.15, -0.1) is 0 Å². The second kappa shape index (κ2) is 7.50. The summed E-state index contributed by atoms with van der Waals surface area (Å²) in [6, 6.07) is 0. The maximum Gasteiger partial charge on any atom is 0.208 e. The normalized spacial score (nSPS) is 21.0. The highest BCUT2D eigenvalue weighted by molar-refractivity contribution is 5.79. The van der Waals surface area contributed by atoms with Crippen molar-refractivity contribution in [1.29, 1.82) is 0 Å². The molecule has 1 heterocycles. The van der Waals surface area contributed by atoms with Crippen LogP contribution in [0, 0.1) is 5.92 Å². The summed E-state index contributed by atoms with van der Waals surface area (Å²) in [6.45, 7) is 9.84. The molecule has 0 saturated carbocycles. The Bertz CT molecular complexity index is 237. The number of hydrogen-bond acceptors (Lipinski definition) is 3. The zero-order valence-corrected chi connectivity index (χ0v) is 11.3. The molecule has 1 saturated heterocycles. The van der Waals surface area contributed by atoms with Crippen LogP contribution >= 0.6 is 0 Å². The molecule has 0 aromatic heterocycles. The van der Waals surface area contributed by atoms with Gasteiger partial charge in [-0.25, -0.2) is 5.84 Å². The van der Waals surface area contributed by atoms with E-state index in [1.165, 1.54) is 0 Å². The van der Waals surface area contributed by atoms with Gasteiger partial charge in [0, 0.05) is 26.2 Å². The van der Waals surface area contributed by atoms with Gasteiger partial charge in [0.2, 0.25) is 5.96 Å². The van der Waals surface area contributed by atoms with Gasteiger partial charge in [-0.1, -0.05) is 13.8 Å². The van der Waals surface area contributed by atoms with Crippen molar-refractivity contribution >= 4 is 5.96 Å². The lowest BCUT2D eigenvalue weighted by atomic mass is 10.2. The predicted octanol–water partition coefficient (Wildman–Crippen LogP) is 0.963. The molecule has 0 amide bonds. The second-order valence-electron chi connectivity index (χ2n) is 4.88. The van der Waals surface area contributed by atoms with Gasteiger partial charge < -0.3 is 9.64 Å². The molecular weight excluding hydrogens is 216 g/mol. The maximum absolute atomic E-state index is 5.64. The molecule has 1 atom stereocenters. The molecule has 5 nitrogen and oxygen atoms in total. The molecule has 0 spiro atoms. The quantitative estimate of drug-likeness (QED) is 0.326. The number of likely N-dealkylation sites (N-methyl/N-ethyl adjacent to an activating group) is 1. The van der Waals surface area contributed by atoms with Gasteiger partial charge in [-0.3, -0.25) is 10.4 Å². The molecule has 1 fully saturated rings. The third-order valence-electron chi connectivity index (χ3n) is 2.86. The van der Waals surface area contributed by atoms with Crippen molar-refractivity contribution in [3.8, 4) is 0 Å². The number of ether oxygens (including phenoxy) is 1. The average molecular weight is 242 g/mol. The zero-order valence-electron chi connectivity index (χ0n) is 11.3. The number of guanidine groups is 1. The van der Waals surface area contributed by atoms with Crippen molar-refractivity contribution < 1.29 is 4.74 Å². The van der Waals surface area contributed by atoms with E-state index in [1.54, 1.807) is 0 Å². The molecular formula is C12H26N4O. The van der Waals surface area contributed by atoms with E-state index in [0.29, 0.717) is 12.0 Å². The third-order valence-corrected chi connectivity index (χ3v) is 2.86. The largest absolute Gasteiger partial charge is 0.376 e. The van der Waals surface area contributed by atoms with Crippen LogP contribution in [-0.2, 0) is 4.74 Å². The van der Waals surface area contributed by atoms with Gasteiger partial charge >= 0.3 is 0 Å². The lowest BCUT2D eigenvalue weighted by molar-refractivity contribution is 0.0914. The van der Waals surface area contributed by atoms with E-state index < -0.39 is 0 Å². The minimum absolute atomic E-state index is 0.326. The first-order chi connectivity index (χ1) is 8.17. The fourth-order valence-electron chi connectivity index (χ4n) is 1.91. The fourth-order valence-corrected chi connectivity index (χ4v) is 1.91. The van der Waals surface area contributed by atoms with Crippen molar-refractivity contribution in [1.82, 2.24) is 10.3 Å². The van der Waals surface area contributed by atoms with Crippen LogP contribution < -0.4 is 11.3 Å². The van der Waals surface area contributed by atoms with Gasteiger partial charge in [0.1, 0.15) is 0 Å². The number of nitrogens with zero attached hydrogens (tertiary/aromatic N) is 2. The van der Waals surface area contributed by atoms with E-state index in [9.17, 15) is 0 Å². The molecule has 1 aliphatic rings. The van der Waals surface area contributed by atoms with E-state index in [-0.39, 0.29) is 0 Å². The maximum atomic E-state index is 5.64. The topological polar surface area (TPSA) is 62.9 Å². The van der Waals surface area contributed by atoms with E-state index in [1.807, 2.05) is 0 Å². The SMILES string of the molecule is CCN(CC1CCCO1)C(=NCC(C)C)NN. The van der Waals surface area contributed by atoms with Gasteiger partial charge in [-0.05, 0) is 25.7 Å². The fraction of sp³-hybridized carbons (Fsp3) is 0.917. The van der Waals surface area contributed by atoms with Gasteiger partial charge in [-0.2, -0.15) is 0 Å². The van der Waals surface area contributed by atoms with E-state index in [2.05, 4.69) is 36.1 Å². The number of hydrogen-bond donors (Lipinski definition) is 2. The Morgan fingerprint density at radius 2 is 2.35 bits per heavy atom. The molecule has 1 unspecified atom stereocenters. The van der Waals surface area contributed by atoms with Gasteiger partial charge in [0.15, 0.2) is 0 Å². The Kier molecular flexibility index (Phi) is 6.29. The smallest absolute Gasteiger partial charge is 0.208 e. The Hall–Kier alpha value is -0.810. The summed E-state index contributed by atoms with van der Waals surface area (Å²) in [7, 11) is 0. The highest BCUT2D eigenvalue weighted by Gasteiger charge is 2.20. The summed E-state index contributed by atoms with van der Waals surface area (Å²) in [5.74, 6) is 6.86. The predicted molar refractivity (Wildman–Crippen MR) is 70.7 cm³/mol. The number of aliphatic imine (C=N–C) groups is 1. The Morgan fingerprint density at radius 3 is 2.82 bits per heavy atom. The van der Waals surface area contributed by atoms with Crippen LogP contribution in [0.15, 0.2) is 4.99 Å². The first-order valence-electron chi connectivity index (χ1n) is 6.55. The highest BCUT2D eigenvalue weighted by atomic mass is 16.5. The van der Waals surface area contributed by atoms with Crippen molar-refractivity contribution in [2.75, 3.05) is 26.2 Å². The van der Waals surface area contributed by atoms with Gasteiger partial charge in [0.25, 0.3) is 0 Å². The van der Waals surface area contributed by atoms with Crippen molar-refractivity contribution in [3.63, 3.8) is 0 Å². The van der Waals surface area contributed by atoms with Crippen LogP contribution in [0.2, 0.25) is 0 Å². The Labute approximate surface area is 104 Å². The third kappa shape index (κ3) is 4.91. The lowest BCUT2D eigenvalue weighted by Crippen LogP contribution is -2.47. The molecule has 1 aliphatic heterocycles. The number of nitrogens with two attached hydrogens (primary N) is 1. The molecule has 0 radical (unpaired) electrons. The molecule has 100 valence electrons. The van der Waals surface area contributed by atoms with E-state index in [0.717, 1.165) is 45.0 Å². The molecule has 5 heteroatoms. The van der Waals surface area contributed by atoms with Crippen LogP contribution in [0.25, 0.3) is 0 Å². The summed E-state index contributed by atoms with van der Waals surface area (Å²) < 4.78 is 5.64. The van der Waals surface area contributed by atoms with Crippen molar-refractivity contribution in [2.45, 2.75) is 39.7 Å². The molecule has 0 aromatic rings.